The SMILES string of the molecule is O=c1c2scc(-c3ccccc3F)c2ncn1-c1ccc(F)cc1. The molecule has 0 unspecified atom stereocenters. The van der Waals surface area contributed by atoms with E-state index in [-0.39, 0.29) is 17.2 Å². The van der Waals surface area contributed by atoms with Crippen LogP contribution in [-0.4, -0.2) is 9.55 Å². The first kappa shape index (κ1) is 14.7. The lowest BCUT2D eigenvalue weighted by atomic mass is 10.1. The summed E-state index contributed by atoms with van der Waals surface area (Å²) in [6, 6.07) is 12.0. The standard InChI is InChI=1S/C18H10F2N2OS/c19-11-5-7-12(8-6-11)22-10-21-16-14(9-24-17(16)18(22)23)13-3-1-2-4-15(13)20/h1-10H. The summed E-state index contributed by atoms with van der Waals surface area (Å²) < 4.78 is 28.9. The van der Waals surface area contributed by atoms with E-state index in [1.807, 2.05) is 0 Å². The van der Waals surface area contributed by atoms with E-state index in [1.165, 1.54) is 52.6 Å². The van der Waals surface area contributed by atoms with Crippen LogP contribution in [0.4, 0.5) is 8.78 Å². The van der Waals surface area contributed by atoms with Crippen LogP contribution in [0.1, 0.15) is 0 Å². The van der Waals surface area contributed by atoms with Crippen molar-refractivity contribution in [2.45, 2.75) is 0 Å². The van der Waals surface area contributed by atoms with Crippen molar-refractivity contribution in [2.75, 3.05) is 0 Å². The fourth-order valence-electron chi connectivity index (χ4n) is 2.57. The molecule has 0 saturated carbocycles. The summed E-state index contributed by atoms with van der Waals surface area (Å²) in [6.07, 6.45) is 1.38. The van der Waals surface area contributed by atoms with Gasteiger partial charge in [0.15, 0.2) is 0 Å². The van der Waals surface area contributed by atoms with E-state index in [0.717, 1.165) is 0 Å². The number of fused-ring (bicyclic) bond motifs is 1. The molecule has 2 aromatic heterocycles. The van der Waals surface area contributed by atoms with Gasteiger partial charge in [0.05, 0.1) is 11.2 Å². The predicted molar refractivity (Wildman–Crippen MR) is 90.6 cm³/mol. The zero-order valence-corrected chi connectivity index (χ0v) is 13.1. The second kappa shape index (κ2) is 5.65. The Hall–Kier alpha value is -2.86. The molecule has 0 N–H and O–H groups in total. The van der Waals surface area contributed by atoms with Crippen LogP contribution in [0, 0.1) is 11.6 Å². The fourth-order valence-corrected chi connectivity index (χ4v) is 3.51. The van der Waals surface area contributed by atoms with Crippen molar-refractivity contribution in [1.82, 2.24) is 9.55 Å². The zero-order chi connectivity index (χ0) is 16.7. The van der Waals surface area contributed by atoms with Crippen LogP contribution in [0.25, 0.3) is 27.0 Å². The quantitative estimate of drug-likeness (QED) is 0.542. The minimum atomic E-state index is -0.376. The van der Waals surface area contributed by atoms with E-state index in [1.54, 1.807) is 23.6 Å². The molecule has 4 aromatic rings. The first-order chi connectivity index (χ1) is 11.6. The van der Waals surface area contributed by atoms with E-state index in [9.17, 15) is 13.6 Å². The molecule has 3 nitrogen and oxygen atoms in total. The molecule has 0 bridgehead atoms. The summed E-state index contributed by atoms with van der Waals surface area (Å²) in [4.78, 5) is 17.0. The normalized spacial score (nSPS) is 11.1. The molecular weight excluding hydrogens is 330 g/mol. The van der Waals surface area contributed by atoms with Crippen molar-refractivity contribution in [3.05, 3.63) is 82.2 Å². The van der Waals surface area contributed by atoms with E-state index >= 15 is 0 Å². The Kier molecular flexibility index (Phi) is 3.46. The molecular formula is C18H10F2N2OS. The number of hydrogen-bond donors (Lipinski definition) is 0. The highest BCUT2D eigenvalue weighted by molar-refractivity contribution is 7.17. The minimum absolute atomic E-state index is 0.265. The smallest absolute Gasteiger partial charge is 0.267 e. The maximum atomic E-state index is 14.0. The summed E-state index contributed by atoms with van der Waals surface area (Å²) in [5, 5.41) is 1.73. The molecule has 0 fully saturated rings. The zero-order valence-electron chi connectivity index (χ0n) is 12.2. The number of hydrogen-bond acceptors (Lipinski definition) is 3. The van der Waals surface area contributed by atoms with Gasteiger partial charge in [-0.2, -0.15) is 0 Å². The maximum absolute atomic E-state index is 14.0. The van der Waals surface area contributed by atoms with Gasteiger partial charge in [-0.25, -0.2) is 13.8 Å². The molecule has 0 aliphatic carbocycles. The Morgan fingerprint density at radius 1 is 0.958 bits per heavy atom. The topological polar surface area (TPSA) is 34.9 Å². The first-order valence-electron chi connectivity index (χ1n) is 7.15. The van der Waals surface area contributed by atoms with Gasteiger partial charge in [-0.3, -0.25) is 9.36 Å². The Bertz CT molecular complexity index is 1100. The lowest BCUT2D eigenvalue weighted by Gasteiger charge is -2.06. The first-order valence-corrected chi connectivity index (χ1v) is 8.03. The Balaban J connectivity index is 1.92. The monoisotopic (exact) mass is 340 g/mol. The van der Waals surface area contributed by atoms with Gasteiger partial charge in [0, 0.05) is 16.5 Å². The summed E-state index contributed by atoms with van der Waals surface area (Å²) >= 11 is 1.22. The number of thiophene rings is 1. The van der Waals surface area contributed by atoms with Crippen LogP contribution in [-0.2, 0) is 0 Å². The highest BCUT2D eigenvalue weighted by Gasteiger charge is 2.15. The summed E-state index contributed by atoms with van der Waals surface area (Å²) in [5.41, 5.74) is 1.73. The summed E-state index contributed by atoms with van der Waals surface area (Å²) in [5.74, 6) is -0.736. The Morgan fingerprint density at radius 3 is 2.46 bits per heavy atom. The molecule has 6 heteroatoms. The van der Waals surface area contributed by atoms with Crippen molar-refractivity contribution in [2.24, 2.45) is 0 Å². The number of aromatic nitrogens is 2. The largest absolute Gasteiger partial charge is 0.275 e. The van der Waals surface area contributed by atoms with Crippen molar-refractivity contribution in [3.8, 4) is 16.8 Å². The number of rotatable bonds is 2. The number of nitrogens with zero attached hydrogens (tertiary/aromatic N) is 2. The molecule has 24 heavy (non-hydrogen) atoms. The third-order valence-electron chi connectivity index (χ3n) is 3.75. The average Bonchev–Trinajstić information content (AvgIpc) is 3.01. The second-order valence-corrected chi connectivity index (χ2v) is 6.08. The Morgan fingerprint density at radius 2 is 1.71 bits per heavy atom. The van der Waals surface area contributed by atoms with E-state index in [2.05, 4.69) is 4.98 Å². The molecule has 0 atom stereocenters. The van der Waals surface area contributed by atoms with Gasteiger partial charge in [-0.1, -0.05) is 18.2 Å². The van der Waals surface area contributed by atoms with Crippen LogP contribution >= 0.6 is 11.3 Å². The van der Waals surface area contributed by atoms with Gasteiger partial charge >= 0.3 is 0 Å². The van der Waals surface area contributed by atoms with Crippen molar-refractivity contribution in [3.63, 3.8) is 0 Å². The fraction of sp³-hybridized carbons (Fsp3) is 0. The third kappa shape index (κ3) is 2.32. The maximum Gasteiger partial charge on any atom is 0.275 e. The number of benzene rings is 2. The summed E-state index contributed by atoms with van der Waals surface area (Å²) in [7, 11) is 0. The number of halogens is 2. The molecule has 0 saturated heterocycles. The van der Waals surface area contributed by atoms with Gasteiger partial charge in [0.2, 0.25) is 0 Å². The average molecular weight is 340 g/mol. The van der Waals surface area contributed by atoms with E-state index in [4.69, 9.17) is 0 Å². The van der Waals surface area contributed by atoms with Crippen LogP contribution in [0.15, 0.2) is 65.0 Å². The molecule has 2 aromatic carbocycles. The van der Waals surface area contributed by atoms with Crippen molar-refractivity contribution in [1.29, 1.82) is 0 Å². The molecule has 2 heterocycles. The second-order valence-electron chi connectivity index (χ2n) is 5.20. The minimum Gasteiger partial charge on any atom is -0.267 e. The Labute approximate surface area is 139 Å². The molecule has 4 rings (SSSR count). The highest BCUT2D eigenvalue weighted by Crippen LogP contribution is 2.32. The van der Waals surface area contributed by atoms with Gasteiger partial charge < -0.3 is 0 Å². The molecule has 0 spiro atoms. The van der Waals surface area contributed by atoms with Gasteiger partial charge in [-0.15, -0.1) is 11.3 Å². The molecule has 118 valence electrons. The van der Waals surface area contributed by atoms with Gasteiger partial charge in [0.1, 0.15) is 22.7 Å². The lowest BCUT2D eigenvalue weighted by molar-refractivity contribution is 0.627. The third-order valence-corrected chi connectivity index (χ3v) is 4.71. The highest BCUT2D eigenvalue weighted by atomic mass is 32.1. The van der Waals surface area contributed by atoms with Gasteiger partial charge in [-0.05, 0) is 30.3 Å². The predicted octanol–water partition coefficient (Wildman–Crippen LogP) is 4.39. The van der Waals surface area contributed by atoms with Crippen LogP contribution in [0.5, 0.6) is 0 Å². The molecule has 0 radical (unpaired) electrons. The van der Waals surface area contributed by atoms with Crippen molar-refractivity contribution < 1.29 is 8.78 Å². The van der Waals surface area contributed by atoms with Gasteiger partial charge in [0.25, 0.3) is 5.56 Å². The lowest BCUT2D eigenvalue weighted by Crippen LogP contribution is -2.17. The van der Waals surface area contributed by atoms with E-state index < -0.39 is 0 Å². The molecule has 0 aliphatic heterocycles. The van der Waals surface area contributed by atoms with Crippen LogP contribution < -0.4 is 5.56 Å². The van der Waals surface area contributed by atoms with Crippen LogP contribution in [0.2, 0.25) is 0 Å². The molecule has 0 aliphatic rings. The molecule has 0 amide bonds. The van der Waals surface area contributed by atoms with Crippen molar-refractivity contribution >= 4 is 21.6 Å². The van der Waals surface area contributed by atoms with Crippen LogP contribution in [0.3, 0.4) is 0 Å². The summed E-state index contributed by atoms with van der Waals surface area (Å²) in [6.45, 7) is 0. The van der Waals surface area contributed by atoms with E-state index in [0.29, 0.717) is 27.0 Å².